The highest BCUT2D eigenvalue weighted by Gasteiger charge is 2.24. The van der Waals surface area contributed by atoms with Crippen LogP contribution < -0.4 is 5.32 Å². The number of Topliss-reactive ketones (excluding diaryl/α,β-unsaturated/α-hetero) is 1. The number of likely N-dealkylation sites (N-methyl/N-ethyl adjacent to an activating group) is 1. The molecule has 0 aromatic carbocycles. The molecule has 2 heteroatoms. The maximum Gasteiger partial charge on any atom is 0.149 e. The van der Waals surface area contributed by atoms with E-state index in [0.29, 0.717) is 0 Å². The maximum absolute atomic E-state index is 10.9. The van der Waals surface area contributed by atoms with Gasteiger partial charge in [-0.15, -0.1) is 0 Å². The van der Waals surface area contributed by atoms with Crippen LogP contribution in [-0.4, -0.2) is 18.4 Å². The number of hydrogen-bond donors (Lipinski definition) is 1. The summed E-state index contributed by atoms with van der Waals surface area (Å²) in [5, 5.41) is 2.98. The highest BCUT2D eigenvalue weighted by Crippen LogP contribution is 2.08. The monoisotopic (exact) mass is 129 g/mol. The molecule has 0 fully saturated rings. The van der Waals surface area contributed by atoms with E-state index in [4.69, 9.17) is 0 Å². The number of hydrogen-bond acceptors (Lipinski definition) is 2. The van der Waals surface area contributed by atoms with Crippen molar-refractivity contribution in [1.29, 1.82) is 0 Å². The molecule has 1 N–H and O–H groups in total. The van der Waals surface area contributed by atoms with Gasteiger partial charge in [-0.05, 0) is 27.3 Å². The van der Waals surface area contributed by atoms with Crippen LogP contribution in [0.5, 0.6) is 0 Å². The van der Waals surface area contributed by atoms with Crippen molar-refractivity contribution in [3.63, 3.8) is 0 Å². The van der Waals surface area contributed by atoms with Crippen molar-refractivity contribution >= 4 is 5.78 Å². The summed E-state index contributed by atoms with van der Waals surface area (Å²) in [5.41, 5.74) is -0.306. The van der Waals surface area contributed by atoms with Gasteiger partial charge in [0.05, 0.1) is 5.54 Å². The quantitative estimate of drug-likeness (QED) is 0.615. The Labute approximate surface area is 56.6 Å². The first-order chi connectivity index (χ1) is 4.06. The summed E-state index contributed by atoms with van der Waals surface area (Å²) in [5.74, 6) is 0.201. The van der Waals surface area contributed by atoms with Gasteiger partial charge in [-0.25, -0.2) is 0 Å². The molecule has 0 heterocycles. The fourth-order valence-corrected chi connectivity index (χ4v) is 0.602. The average molecular weight is 129 g/mol. The minimum Gasteiger partial charge on any atom is -0.308 e. The van der Waals surface area contributed by atoms with E-state index in [0.717, 1.165) is 6.42 Å². The summed E-state index contributed by atoms with van der Waals surface area (Å²) in [6.07, 6.45) is 0.846. The van der Waals surface area contributed by atoms with Gasteiger partial charge >= 0.3 is 0 Å². The van der Waals surface area contributed by atoms with Gasteiger partial charge < -0.3 is 5.32 Å². The van der Waals surface area contributed by atoms with E-state index in [-0.39, 0.29) is 11.3 Å². The molecule has 1 atom stereocenters. The van der Waals surface area contributed by atoms with Crippen LogP contribution in [0.2, 0.25) is 0 Å². The topological polar surface area (TPSA) is 29.1 Å². The molecule has 0 aromatic rings. The molecule has 0 unspecified atom stereocenters. The summed E-state index contributed by atoms with van der Waals surface area (Å²) in [6.45, 7) is 5.52. The first-order valence-corrected chi connectivity index (χ1v) is 3.26. The Kier molecular flexibility index (Phi) is 2.85. The lowest BCUT2D eigenvalue weighted by molar-refractivity contribution is -0.122. The highest BCUT2D eigenvalue weighted by atomic mass is 16.1. The minimum atomic E-state index is -0.306. The molecule has 0 radical (unpaired) electrons. The zero-order chi connectivity index (χ0) is 7.49. The fourth-order valence-electron chi connectivity index (χ4n) is 0.602. The zero-order valence-electron chi connectivity index (χ0n) is 6.62. The Bertz CT molecular complexity index is 105. The molecule has 0 aliphatic carbocycles. The van der Waals surface area contributed by atoms with Crippen LogP contribution in [0.3, 0.4) is 0 Å². The molecule has 0 rings (SSSR count). The smallest absolute Gasteiger partial charge is 0.149 e. The van der Waals surface area contributed by atoms with Gasteiger partial charge in [-0.1, -0.05) is 6.92 Å². The summed E-state index contributed by atoms with van der Waals surface area (Å²) in [7, 11) is 1.81. The summed E-state index contributed by atoms with van der Waals surface area (Å²) >= 11 is 0. The third-order valence-corrected chi connectivity index (χ3v) is 2.04. The molecule has 0 amide bonds. The predicted octanol–water partition coefficient (Wildman–Crippen LogP) is 0.964. The Hall–Kier alpha value is -0.370. The van der Waals surface area contributed by atoms with Crippen LogP contribution >= 0.6 is 0 Å². The van der Waals surface area contributed by atoms with Crippen molar-refractivity contribution in [2.75, 3.05) is 7.05 Å². The third kappa shape index (κ3) is 1.79. The van der Waals surface area contributed by atoms with Crippen molar-refractivity contribution in [1.82, 2.24) is 5.32 Å². The number of rotatable bonds is 3. The summed E-state index contributed by atoms with van der Waals surface area (Å²) in [4.78, 5) is 10.9. The van der Waals surface area contributed by atoms with Gasteiger partial charge in [0, 0.05) is 0 Å². The molecule has 9 heavy (non-hydrogen) atoms. The first kappa shape index (κ1) is 8.63. The van der Waals surface area contributed by atoms with Gasteiger partial charge in [-0.2, -0.15) is 0 Å². The molecule has 0 aliphatic heterocycles. The van der Waals surface area contributed by atoms with E-state index in [2.05, 4.69) is 5.32 Å². The fraction of sp³-hybridized carbons (Fsp3) is 0.857. The van der Waals surface area contributed by atoms with E-state index in [9.17, 15) is 4.79 Å². The van der Waals surface area contributed by atoms with E-state index in [1.807, 2.05) is 20.9 Å². The Morgan fingerprint density at radius 3 is 2.11 bits per heavy atom. The second kappa shape index (κ2) is 2.97. The first-order valence-electron chi connectivity index (χ1n) is 3.26. The van der Waals surface area contributed by atoms with Crippen molar-refractivity contribution in [3.8, 4) is 0 Å². The van der Waals surface area contributed by atoms with Crippen molar-refractivity contribution in [3.05, 3.63) is 0 Å². The summed E-state index contributed by atoms with van der Waals surface area (Å²) < 4.78 is 0. The molecule has 54 valence electrons. The normalized spacial score (nSPS) is 16.9. The molecule has 0 saturated heterocycles. The van der Waals surface area contributed by atoms with Crippen molar-refractivity contribution in [2.24, 2.45) is 0 Å². The van der Waals surface area contributed by atoms with Crippen LogP contribution in [-0.2, 0) is 4.79 Å². The lowest BCUT2D eigenvalue weighted by Gasteiger charge is -2.23. The van der Waals surface area contributed by atoms with Crippen molar-refractivity contribution < 1.29 is 4.79 Å². The van der Waals surface area contributed by atoms with Crippen LogP contribution in [0.1, 0.15) is 27.2 Å². The molecule has 0 bridgehead atoms. The second-order valence-corrected chi connectivity index (χ2v) is 2.49. The molecular formula is C7H15NO. The van der Waals surface area contributed by atoms with E-state index in [1.54, 1.807) is 6.92 Å². The predicted molar refractivity (Wildman–Crippen MR) is 38.4 cm³/mol. The zero-order valence-corrected chi connectivity index (χ0v) is 6.62. The Balaban J connectivity index is 4.09. The van der Waals surface area contributed by atoms with Crippen LogP contribution in [0.25, 0.3) is 0 Å². The van der Waals surface area contributed by atoms with Gasteiger partial charge in [-0.3, -0.25) is 4.79 Å². The van der Waals surface area contributed by atoms with Gasteiger partial charge in [0.25, 0.3) is 0 Å². The molecule has 2 nitrogen and oxygen atoms in total. The maximum atomic E-state index is 10.9. The van der Waals surface area contributed by atoms with E-state index in [1.165, 1.54) is 0 Å². The SMILES string of the molecule is CC[C@](C)(NC)C(C)=O. The molecular weight excluding hydrogens is 114 g/mol. The standard InChI is InChI=1S/C7H15NO/c1-5-7(3,8-4)6(2)9/h8H,5H2,1-4H3/t7-/m0/s1. The highest BCUT2D eigenvalue weighted by molar-refractivity contribution is 5.85. The minimum absolute atomic E-state index is 0.201. The van der Waals surface area contributed by atoms with Gasteiger partial charge in [0.2, 0.25) is 0 Å². The van der Waals surface area contributed by atoms with E-state index >= 15 is 0 Å². The van der Waals surface area contributed by atoms with Gasteiger partial charge in [0.15, 0.2) is 0 Å². The van der Waals surface area contributed by atoms with Crippen molar-refractivity contribution in [2.45, 2.75) is 32.7 Å². The Morgan fingerprint density at radius 2 is 2.11 bits per heavy atom. The Morgan fingerprint density at radius 1 is 1.67 bits per heavy atom. The third-order valence-electron chi connectivity index (χ3n) is 2.04. The summed E-state index contributed by atoms with van der Waals surface area (Å²) in [6, 6.07) is 0. The van der Waals surface area contributed by atoms with Crippen LogP contribution in [0.15, 0.2) is 0 Å². The molecule has 0 aromatic heterocycles. The number of nitrogens with one attached hydrogen (secondary N) is 1. The number of ketones is 1. The van der Waals surface area contributed by atoms with Crippen LogP contribution in [0.4, 0.5) is 0 Å². The number of carbonyl (C=O) groups is 1. The molecule has 0 saturated carbocycles. The molecule has 0 spiro atoms. The number of carbonyl (C=O) groups excluding carboxylic acids is 1. The van der Waals surface area contributed by atoms with Crippen LogP contribution in [0, 0.1) is 0 Å². The largest absolute Gasteiger partial charge is 0.308 e. The lowest BCUT2D eigenvalue weighted by Crippen LogP contribution is -2.45. The molecule has 0 aliphatic rings. The van der Waals surface area contributed by atoms with Gasteiger partial charge in [0.1, 0.15) is 5.78 Å². The van der Waals surface area contributed by atoms with E-state index < -0.39 is 0 Å². The second-order valence-electron chi connectivity index (χ2n) is 2.49. The average Bonchev–Trinajstić information content (AvgIpc) is 1.86. The lowest BCUT2D eigenvalue weighted by atomic mass is 9.95.